The predicted octanol–water partition coefficient (Wildman–Crippen LogP) is 3.94. The zero-order valence-corrected chi connectivity index (χ0v) is 9.16. The van der Waals surface area contributed by atoms with E-state index in [1.165, 1.54) is 12.8 Å². The van der Waals surface area contributed by atoms with Gasteiger partial charge in [0, 0.05) is 4.90 Å². The Morgan fingerprint density at radius 2 is 2.23 bits per heavy atom. The summed E-state index contributed by atoms with van der Waals surface area (Å²) in [4.78, 5) is 1.12. The number of unbranched alkanes of at least 4 members (excludes halogenated alkanes) is 1. The van der Waals surface area contributed by atoms with Gasteiger partial charge in [-0.25, -0.2) is 0 Å². The zero-order valence-electron chi connectivity index (χ0n) is 7.59. The minimum Gasteiger partial charge on any atom is -0.506 e. The van der Waals surface area contributed by atoms with Crippen LogP contribution in [0.25, 0.3) is 0 Å². The zero-order chi connectivity index (χ0) is 9.68. The van der Waals surface area contributed by atoms with Crippen molar-refractivity contribution in [3.63, 3.8) is 0 Å². The average Bonchev–Trinajstić information content (AvgIpc) is 2.12. The molecule has 72 valence electrons. The molecule has 13 heavy (non-hydrogen) atoms. The Balaban J connectivity index is 2.53. The van der Waals surface area contributed by atoms with Crippen LogP contribution in [0.4, 0.5) is 0 Å². The first-order valence-corrected chi connectivity index (χ1v) is 5.71. The third kappa shape index (κ3) is 3.49. The third-order valence-corrected chi connectivity index (χ3v) is 3.07. The standard InChI is InChI=1S/C10H13ClOS/c1-2-3-6-13-8-4-5-10(12)9(11)7-8/h4-5,7,12H,2-3,6H2,1H3. The number of rotatable bonds is 4. The summed E-state index contributed by atoms with van der Waals surface area (Å²) in [5.41, 5.74) is 0. The molecular weight excluding hydrogens is 204 g/mol. The molecule has 0 saturated carbocycles. The van der Waals surface area contributed by atoms with Gasteiger partial charge in [-0.15, -0.1) is 11.8 Å². The largest absolute Gasteiger partial charge is 0.506 e. The van der Waals surface area contributed by atoms with Crippen molar-refractivity contribution in [2.45, 2.75) is 24.7 Å². The molecule has 0 amide bonds. The third-order valence-electron chi connectivity index (χ3n) is 1.69. The van der Waals surface area contributed by atoms with Crippen LogP contribution in [0.1, 0.15) is 19.8 Å². The van der Waals surface area contributed by atoms with Gasteiger partial charge < -0.3 is 5.11 Å². The van der Waals surface area contributed by atoms with Gasteiger partial charge in [0.2, 0.25) is 0 Å². The summed E-state index contributed by atoms with van der Waals surface area (Å²) in [6.45, 7) is 2.17. The molecule has 0 aliphatic rings. The van der Waals surface area contributed by atoms with Gasteiger partial charge in [0.1, 0.15) is 5.75 Å². The Kier molecular flexibility index (Phi) is 4.46. The summed E-state index contributed by atoms with van der Waals surface area (Å²) in [5.74, 6) is 1.26. The van der Waals surface area contributed by atoms with Crippen molar-refractivity contribution in [1.82, 2.24) is 0 Å². The number of aromatic hydroxyl groups is 1. The van der Waals surface area contributed by atoms with E-state index in [0.717, 1.165) is 10.6 Å². The molecule has 1 aromatic carbocycles. The fourth-order valence-electron chi connectivity index (χ4n) is 0.912. The Bertz CT molecular complexity index is 276. The molecule has 1 aromatic rings. The van der Waals surface area contributed by atoms with Gasteiger partial charge in [-0.2, -0.15) is 0 Å². The number of hydrogen-bond acceptors (Lipinski definition) is 2. The fourth-order valence-corrected chi connectivity index (χ4v) is 2.19. The second-order valence-electron chi connectivity index (χ2n) is 2.82. The maximum absolute atomic E-state index is 9.17. The molecule has 0 saturated heterocycles. The van der Waals surface area contributed by atoms with E-state index in [9.17, 15) is 5.11 Å². The first-order chi connectivity index (χ1) is 6.24. The minimum atomic E-state index is 0.154. The normalized spacial score (nSPS) is 10.3. The van der Waals surface area contributed by atoms with Crippen molar-refractivity contribution in [2.24, 2.45) is 0 Å². The second-order valence-corrected chi connectivity index (χ2v) is 4.39. The van der Waals surface area contributed by atoms with Crippen LogP contribution in [0.3, 0.4) is 0 Å². The van der Waals surface area contributed by atoms with E-state index in [2.05, 4.69) is 6.92 Å². The fraction of sp³-hybridized carbons (Fsp3) is 0.400. The summed E-state index contributed by atoms with van der Waals surface area (Å²) < 4.78 is 0. The van der Waals surface area contributed by atoms with Gasteiger partial charge in [-0.05, 0) is 30.4 Å². The Morgan fingerprint density at radius 1 is 1.46 bits per heavy atom. The quantitative estimate of drug-likeness (QED) is 0.608. The van der Waals surface area contributed by atoms with Crippen molar-refractivity contribution in [1.29, 1.82) is 0 Å². The molecule has 0 fully saturated rings. The Hall–Kier alpha value is -0.340. The smallest absolute Gasteiger partial charge is 0.134 e. The van der Waals surface area contributed by atoms with E-state index in [1.54, 1.807) is 23.9 Å². The van der Waals surface area contributed by atoms with E-state index in [1.807, 2.05) is 6.07 Å². The van der Waals surface area contributed by atoms with E-state index in [-0.39, 0.29) is 5.75 Å². The topological polar surface area (TPSA) is 20.2 Å². The molecule has 0 heterocycles. The second kappa shape index (κ2) is 5.40. The Labute approximate surface area is 88.1 Å². The van der Waals surface area contributed by atoms with Crippen molar-refractivity contribution in [3.05, 3.63) is 23.2 Å². The molecule has 0 atom stereocenters. The molecule has 1 rings (SSSR count). The molecule has 1 nitrogen and oxygen atoms in total. The van der Waals surface area contributed by atoms with Crippen molar-refractivity contribution in [3.8, 4) is 5.75 Å². The van der Waals surface area contributed by atoms with Gasteiger partial charge in [0.15, 0.2) is 0 Å². The number of phenols is 1. The first-order valence-electron chi connectivity index (χ1n) is 4.35. The van der Waals surface area contributed by atoms with E-state index >= 15 is 0 Å². The minimum absolute atomic E-state index is 0.154. The summed E-state index contributed by atoms with van der Waals surface area (Å²) >= 11 is 7.54. The van der Waals surface area contributed by atoms with Crippen LogP contribution in [0.5, 0.6) is 5.75 Å². The van der Waals surface area contributed by atoms with E-state index in [0.29, 0.717) is 5.02 Å². The van der Waals surface area contributed by atoms with Crippen LogP contribution in [0, 0.1) is 0 Å². The molecule has 0 unspecified atom stereocenters. The number of hydrogen-bond donors (Lipinski definition) is 1. The van der Waals surface area contributed by atoms with Gasteiger partial charge in [-0.1, -0.05) is 24.9 Å². The molecule has 0 aliphatic heterocycles. The van der Waals surface area contributed by atoms with Crippen LogP contribution in [-0.2, 0) is 0 Å². The number of benzene rings is 1. The lowest BCUT2D eigenvalue weighted by Crippen LogP contribution is -1.78. The maximum atomic E-state index is 9.17. The lowest BCUT2D eigenvalue weighted by Gasteiger charge is -2.02. The summed E-state index contributed by atoms with van der Waals surface area (Å²) in [5, 5.41) is 9.61. The monoisotopic (exact) mass is 216 g/mol. The van der Waals surface area contributed by atoms with E-state index < -0.39 is 0 Å². The van der Waals surface area contributed by atoms with Crippen LogP contribution < -0.4 is 0 Å². The Morgan fingerprint density at radius 3 is 2.85 bits per heavy atom. The highest BCUT2D eigenvalue weighted by molar-refractivity contribution is 7.99. The first kappa shape index (κ1) is 10.7. The summed E-state index contributed by atoms with van der Waals surface area (Å²) in [7, 11) is 0. The molecular formula is C10H13ClOS. The van der Waals surface area contributed by atoms with Crippen LogP contribution >= 0.6 is 23.4 Å². The lowest BCUT2D eigenvalue weighted by atomic mass is 10.3. The van der Waals surface area contributed by atoms with Crippen molar-refractivity contribution < 1.29 is 5.11 Å². The number of halogens is 1. The highest BCUT2D eigenvalue weighted by Crippen LogP contribution is 2.29. The van der Waals surface area contributed by atoms with Crippen LogP contribution in [0.2, 0.25) is 5.02 Å². The molecule has 0 bridgehead atoms. The molecule has 0 aromatic heterocycles. The number of phenolic OH excluding ortho intramolecular Hbond substituents is 1. The van der Waals surface area contributed by atoms with Crippen molar-refractivity contribution in [2.75, 3.05) is 5.75 Å². The maximum Gasteiger partial charge on any atom is 0.134 e. The summed E-state index contributed by atoms with van der Waals surface area (Å²) in [6, 6.07) is 5.33. The molecule has 3 heteroatoms. The molecule has 0 spiro atoms. The summed E-state index contributed by atoms with van der Waals surface area (Å²) in [6.07, 6.45) is 2.42. The van der Waals surface area contributed by atoms with Crippen LogP contribution in [0.15, 0.2) is 23.1 Å². The van der Waals surface area contributed by atoms with Gasteiger partial charge >= 0.3 is 0 Å². The van der Waals surface area contributed by atoms with Gasteiger partial charge in [0.25, 0.3) is 0 Å². The average molecular weight is 217 g/mol. The highest BCUT2D eigenvalue weighted by atomic mass is 35.5. The predicted molar refractivity (Wildman–Crippen MR) is 58.7 cm³/mol. The number of thioether (sulfide) groups is 1. The molecule has 0 radical (unpaired) electrons. The van der Waals surface area contributed by atoms with Gasteiger partial charge in [-0.3, -0.25) is 0 Å². The van der Waals surface area contributed by atoms with Gasteiger partial charge in [0.05, 0.1) is 5.02 Å². The van der Waals surface area contributed by atoms with Crippen LogP contribution in [-0.4, -0.2) is 10.9 Å². The highest BCUT2D eigenvalue weighted by Gasteiger charge is 1.99. The molecule has 0 aliphatic carbocycles. The SMILES string of the molecule is CCCCSc1ccc(O)c(Cl)c1. The van der Waals surface area contributed by atoms with E-state index in [4.69, 9.17) is 11.6 Å². The molecule has 1 N–H and O–H groups in total. The lowest BCUT2D eigenvalue weighted by molar-refractivity contribution is 0.475. The van der Waals surface area contributed by atoms with Crippen molar-refractivity contribution >= 4 is 23.4 Å².